The van der Waals surface area contributed by atoms with Crippen LogP contribution in [0, 0.1) is 11.6 Å². The van der Waals surface area contributed by atoms with E-state index in [2.05, 4.69) is 34.7 Å². The summed E-state index contributed by atoms with van der Waals surface area (Å²) in [5, 5.41) is 2.32. The van der Waals surface area contributed by atoms with E-state index in [4.69, 9.17) is 0 Å². The summed E-state index contributed by atoms with van der Waals surface area (Å²) in [7, 11) is 0. The van der Waals surface area contributed by atoms with Gasteiger partial charge in [-0.3, -0.25) is 4.99 Å². The van der Waals surface area contributed by atoms with Gasteiger partial charge >= 0.3 is 0 Å². The number of hydrogen-bond acceptors (Lipinski definition) is 1. The van der Waals surface area contributed by atoms with Crippen LogP contribution in [0.25, 0.3) is 21.8 Å². The maximum Gasteiger partial charge on any atom is 0.159 e. The fourth-order valence-corrected chi connectivity index (χ4v) is 3.20. The van der Waals surface area contributed by atoms with Gasteiger partial charge in [0.15, 0.2) is 11.6 Å². The highest BCUT2D eigenvalue weighted by molar-refractivity contribution is 6.09. The molecule has 4 rings (SSSR count). The molecule has 0 bridgehead atoms. The standard InChI is InChI=1S/C21H16F2N2/c1-2-25-20-6-4-3-5-16(20)17-12-15(8-10-21(17)25)24-13-14-7-9-18(22)19(23)11-14/h3-13H,2H2,1H3. The molecule has 4 aromatic rings. The van der Waals surface area contributed by atoms with Crippen LogP contribution in [0.5, 0.6) is 0 Å². The van der Waals surface area contributed by atoms with Crippen LogP contribution in [0.15, 0.2) is 65.7 Å². The minimum Gasteiger partial charge on any atom is -0.341 e. The number of aryl methyl sites for hydroxylation is 1. The van der Waals surface area contributed by atoms with Gasteiger partial charge in [0.1, 0.15) is 0 Å². The first kappa shape index (κ1) is 15.5. The molecule has 25 heavy (non-hydrogen) atoms. The van der Waals surface area contributed by atoms with Crippen molar-refractivity contribution in [3.8, 4) is 0 Å². The Morgan fingerprint density at radius 2 is 1.68 bits per heavy atom. The zero-order valence-corrected chi connectivity index (χ0v) is 13.7. The molecule has 0 aliphatic carbocycles. The Labute approximate surface area is 144 Å². The largest absolute Gasteiger partial charge is 0.341 e. The molecule has 0 amide bonds. The van der Waals surface area contributed by atoms with Gasteiger partial charge in [-0.15, -0.1) is 0 Å². The Morgan fingerprint density at radius 3 is 2.48 bits per heavy atom. The van der Waals surface area contributed by atoms with Gasteiger partial charge in [0.05, 0.1) is 5.69 Å². The van der Waals surface area contributed by atoms with E-state index in [-0.39, 0.29) is 0 Å². The van der Waals surface area contributed by atoms with Crippen LogP contribution < -0.4 is 0 Å². The molecule has 0 spiro atoms. The molecule has 4 heteroatoms. The number of hydrogen-bond donors (Lipinski definition) is 0. The molecule has 1 heterocycles. The van der Waals surface area contributed by atoms with E-state index >= 15 is 0 Å². The van der Waals surface area contributed by atoms with Crippen molar-refractivity contribution in [2.75, 3.05) is 0 Å². The summed E-state index contributed by atoms with van der Waals surface area (Å²) in [6.45, 7) is 3.02. The quantitative estimate of drug-likeness (QED) is 0.419. The highest BCUT2D eigenvalue weighted by atomic mass is 19.2. The van der Waals surface area contributed by atoms with Gasteiger partial charge in [-0.2, -0.15) is 0 Å². The lowest BCUT2D eigenvalue weighted by Crippen LogP contribution is -1.92. The molecule has 0 unspecified atom stereocenters. The number of fused-ring (bicyclic) bond motifs is 3. The normalized spacial score (nSPS) is 11.8. The minimum absolute atomic E-state index is 0.523. The molecule has 0 saturated heterocycles. The van der Waals surface area contributed by atoms with Crippen molar-refractivity contribution >= 4 is 33.7 Å². The molecule has 0 atom stereocenters. The molecule has 1 aromatic heterocycles. The number of nitrogens with zero attached hydrogens (tertiary/aromatic N) is 2. The number of rotatable bonds is 3. The Bertz CT molecular complexity index is 1110. The fourth-order valence-electron chi connectivity index (χ4n) is 3.20. The number of aromatic nitrogens is 1. The first-order chi connectivity index (χ1) is 12.2. The molecule has 0 aliphatic heterocycles. The van der Waals surface area contributed by atoms with Crippen molar-refractivity contribution in [2.45, 2.75) is 13.5 Å². The lowest BCUT2D eigenvalue weighted by molar-refractivity contribution is 0.508. The lowest BCUT2D eigenvalue weighted by Gasteiger charge is -2.02. The van der Waals surface area contributed by atoms with E-state index < -0.39 is 11.6 Å². The SMILES string of the molecule is CCn1c2ccccc2c2cc(N=Cc3ccc(F)c(F)c3)ccc21. The van der Waals surface area contributed by atoms with Gasteiger partial charge < -0.3 is 4.57 Å². The average molecular weight is 334 g/mol. The topological polar surface area (TPSA) is 17.3 Å². The smallest absolute Gasteiger partial charge is 0.159 e. The van der Waals surface area contributed by atoms with Gasteiger partial charge in [0, 0.05) is 34.6 Å². The van der Waals surface area contributed by atoms with Crippen molar-refractivity contribution < 1.29 is 8.78 Å². The van der Waals surface area contributed by atoms with Crippen molar-refractivity contribution in [1.29, 1.82) is 0 Å². The van der Waals surface area contributed by atoms with Crippen LogP contribution >= 0.6 is 0 Å². The van der Waals surface area contributed by atoms with Crippen molar-refractivity contribution in [3.63, 3.8) is 0 Å². The first-order valence-corrected chi connectivity index (χ1v) is 8.17. The first-order valence-electron chi connectivity index (χ1n) is 8.17. The van der Waals surface area contributed by atoms with E-state index in [1.54, 1.807) is 6.21 Å². The second-order valence-electron chi connectivity index (χ2n) is 5.89. The second kappa shape index (κ2) is 6.13. The summed E-state index contributed by atoms with van der Waals surface area (Å²) >= 11 is 0. The summed E-state index contributed by atoms with van der Waals surface area (Å²) < 4.78 is 28.6. The van der Waals surface area contributed by atoms with Crippen LogP contribution in [-0.2, 0) is 6.54 Å². The van der Waals surface area contributed by atoms with E-state index in [1.165, 1.54) is 17.0 Å². The molecule has 0 radical (unpaired) electrons. The van der Waals surface area contributed by atoms with E-state index in [0.717, 1.165) is 35.3 Å². The number of benzene rings is 3. The maximum absolute atomic E-state index is 13.3. The Kier molecular flexibility index (Phi) is 3.80. The van der Waals surface area contributed by atoms with Crippen LogP contribution in [0.1, 0.15) is 12.5 Å². The summed E-state index contributed by atoms with van der Waals surface area (Å²) in [6, 6.07) is 18.0. The minimum atomic E-state index is -0.870. The number of para-hydroxylation sites is 1. The Balaban J connectivity index is 1.79. The predicted molar refractivity (Wildman–Crippen MR) is 98.7 cm³/mol. The van der Waals surface area contributed by atoms with E-state index in [0.29, 0.717) is 5.56 Å². The maximum atomic E-state index is 13.3. The Hall–Kier alpha value is -3.01. The van der Waals surface area contributed by atoms with Gasteiger partial charge in [-0.1, -0.05) is 24.3 Å². The Morgan fingerprint density at radius 1 is 0.880 bits per heavy atom. The predicted octanol–water partition coefficient (Wildman–Crippen LogP) is 5.84. The van der Waals surface area contributed by atoms with E-state index in [1.807, 2.05) is 24.3 Å². The molecular formula is C21H16F2N2. The van der Waals surface area contributed by atoms with Crippen LogP contribution in [0.2, 0.25) is 0 Å². The monoisotopic (exact) mass is 334 g/mol. The van der Waals surface area contributed by atoms with Gasteiger partial charge in [-0.05, 0) is 48.9 Å². The van der Waals surface area contributed by atoms with Gasteiger partial charge in [0.25, 0.3) is 0 Å². The molecule has 0 N–H and O–H groups in total. The third-order valence-electron chi connectivity index (χ3n) is 4.38. The van der Waals surface area contributed by atoms with Crippen LogP contribution in [-0.4, -0.2) is 10.8 Å². The van der Waals surface area contributed by atoms with Gasteiger partial charge in [-0.25, -0.2) is 8.78 Å². The van der Waals surface area contributed by atoms with Crippen molar-refractivity contribution in [1.82, 2.24) is 4.57 Å². The van der Waals surface area contributed by atoms with Crippen molar-refractivity contribution in [2.24, 2.45) is 4.99 Å². The molecule has 124 valence electrons. The zero-order valence-electron chi connectivity index (χ0n) is 13.7. The van der Waals surface area contributed by atoms with Crippen LogP contribution in [0.4, 0.5) is 14.5 Å². The summed E-state index contributed by atoms with van der Waals surface area (Å²) in [5.41, 5.74) is 3.66. The molecular weight excluding hydrogens is 318 g/mol. The summed E-state index contributed by atoms with van der Waals surface area (Å²) in [4.78, 5) is 4.42. The second-order valence-corrected chi connectivity index (χ2v) is 5.89. The third kappa shape index (κ3) is 2.70. The molecule has 3 aromatic carbocycles. The highest BCUT2D eigenvalue weighted by Crippen LogP contribution is 2.31. The molecule has 0 aliphatic rings. The molecule has 0 fully saturated rings. The fraction of sp³-hybridized carbons (Fsp3) is 0.0952. The highest BCUT2D eigenvalue weighted by Gasteiger charge is 2.09. The summed E-state index contributed by atoms with van der Waals surface area (Å²) in [5.74, 6) is -1.73. The number of aliphatic imine (C=N–C) groups is 1. The van der Waals surface area contributed by atoms with E-state index in [9.17, 15) is 8.78 Å². The number of halogens is 2. The van der Waals surface area contributed by atoms with Crippen molar-refractivity contribution in [3.05, 3.63) is 77.9 Å². The average Bonchev–Trinajstić information content (AvgIpc) is 2.96. The summed E-state index contributed by atoms with van der Waals surface area (Å²) in [6.07, 6.45) is 1.54. The molecule has 2 nitrogen and oxygen atoms in total. The zero-order chi connectivity index (χ0) is 17.4. The lowest BCUT2D eigenvalue weighted by atomic mass is 10.1. The van der Waals surface area contributed by atoms with Gasteiger partial charge in [0.2, 0.25) is 0 Å². The third-order valence-corrected chi connectivity index (χ3v) is 4.38. The van der Waals surface area contributed by atoms with Crippen LogP contribution in [0.3, 0.4) is 0 Å². The molecule has 0 saturated carbocycles.